The van der Waals surface area contributed by atoms with E-state index < -0.39 is 0 Å². The Morgan fingerprint density at radius 1 is 1.40 bits per heavy atom. The zero-order valence-electron chi connectivity index (χ0n) is 8.75. The number of nitrogens with one attached hydrogen (secondary N) is 1. The van der Waals surface area contributed by atoms with Crippen LogP contribution in [0.2, 0.25) is 0 Å². The average molecular weight is 270 g/mol. The van der Waals surface area contributed by atoms with E-state index in [0.29, 0.717) is 6.04 Å². The molecule has 1 saturated carbocycles. The molecule has 3 rings (SSSR count). The van der Waals surface area contributed by atoms with Gasteiger partial charge in [0.15, 0.2) is 0 Å². The summed E-state index contributed by atoms with van der Waals surface area (Å²) in [6, 6.07) is 0.570. The van der Waals surface area contributed by atoms with Gasteiger partial charge in [0, 0.05) is 12.5 Å². The van der Waals surface area contributed by atoms with Crippen LogP contribution in [-0.4, -0.2) is 22.9 Å². The van der Waals surface area contributed by atoms with Gasteiger partial charge in [-0.1, -0.05) is 0 Å². The summed E-state index contributed by atoms with van der Waals surface area (Å²) in [5.41, 5.74) is 1.43. The van der Waals surface area contributed by atoms with Gasteiger partial charge in [0.2, 0.25) is 0 Å². The number of hydrogen-bond donors (Lipinski definition) is 1. The summed E-state index contributed by atoms with van der Waals surface area (Å²) in [6.45, 7) is 2.24. The lowest BCUT2D eigenvalue weighted by molar-refractivity contribution is 0.339. The predicted octanol–water partition coefficient (Wildman–Crippen LogP) is 2.45. The van der Waals surface area contributed by atoms with Crippen LogP contribution in [0.4, 0.5) is 0 Å². The molecule has 3 nitrogen and oxygen atoms in total. The Labute approximate surface area is 98.4 Å². The van der Waals surface area contributed by atoms with Crippen molar-refractivity contribution in [1.82, 2.24) is 15.1 Å². The topological polar surface area (TPSA) is 29.9 Å². The van der Waals surface area contributed by atoms with Crippen LogP contribution in [0.25, 0.3) is 0 Å². The Kier molecular flexibility index (Phi) is 2.56. The van der Waals surface area contributed by atoms with Crippen molar-refractivity contribution in [3.05, 3.63) is 16.4 Å². The molecule has 2 fully saturated rings. The van der Waals surface area contributed by atoms with Gasteiger partial charge in [-0.25, -0.2) is 0 Å². The van der Waals surface area contributed by atoms with Gasteiger partial charge in [-0.15, -0.1) is 0 Å². The molecule has 1 aromatic heterocycles. The minimum Gasteiger partial charge on any atom is -0.315 e. The van der Waals surface area contributed by atoms with Crippen LogP contribution < -0.4 is 5.32 Å². The number of nitrogens with zero attached hydrogens (tertiary/aromatic N) is 2. The molecule has 1 atom stereocenters. The maximum Gasteiger partial charge on any atom is 0.0647 e. The van der Waals surface area contributed by atoms with Crippen LogP contribution in [0.5, 0.6) is 0 Å². The van der Waals surface area contributed by atoms with Gasteiger partial charge in [0.1, 0.15) is 0 Å². The zero-order chi connectivity index (χ0) is 10.3. The molecule has 4 heteroatoms. The fourth-order valence-electron chi connectivity index (χ4n) is 2.42. The normalized spacial score (nSPS) is 26.9. The lowest BCUT2D eigenvalue weighted by atomic mass is 10.1. The summed E-state index contributed by atoms with van der Waals surface area (Å²) in [7, 11) is 0. The first-order valence-electron chi connectivity index (χ1n) is 5.80. The standard InChI is InChI=1S/C11H16BrN3/c12-10-7-14-15(11(10)8-3-4-8)9-2-1-5-13-6-9/h7-9,13H,1-6H2. The lowest BCUT2D eigenvalue weighted by Crippen LogP contribution is -2.32. The van der Waals surface area contributed by atoms with E-state index in [2.05, 4.69) is 31.0 Å². The van der Waals surface area contributed by atoms with Crippen molar-refractivity contribution in [2.75, 3.05) is 13.1 Å². The molecule has 1 aromatic rings. The smallest absolute Gasteiger partial charge is 0.0647 e. The molecule has 82 valence electrons. The third-order valence-corrected chi connectivity index (χ3v) is 3.98. The van der Waals surface area contributed by atoms with Crippen LogP contribution >= 0.6 is 15.9 Å². The third-order valence-electron chi connectivity index (χ3n) is 3.37. The molecule has 0 amide bonds. The summed E-state index contributed by atoms with van der Waals surface area (Å²) in [4.78, 5) is 0. The zero-order valence-corrected chi connectivity index (χ0v) is 10.3. The number of aromatic nitrogens is 2. The second kappa shape index (κ2) is 3.91. The van der Waals surface area contributed by atoms with Crippen molar-refractivity contribution >= 4 is 15.9 Å². The largest absolute Gasteiger partial charge is 0.315 e. The molecule has 0 bridgehead atoms. The van der Waals surface area contributed by atoms with E-state index in [0.717, 1.165) is 19.0 Å². The minimum atomic E-state index is 0.570. The highest BCUT2D eigenvalue weighted by Gasteiger charge is 2.31. The van der Waals surface area contributed by atoms with Crippen LogP contribution in [0.3, 0.4) is 0 Å². The van der Waals surface area contributed by atoms with Crippen LogP contribution in [0.15, 0.2) is 10.7 Å². The van der Waals surface area contributed by atoms with Gasteiger partial charge < -0.3 is 5.32 Å². The number of piperidine rings is 1. The summed E-state index contributed by atoms with van der Waals surface area (Å²) in [6.07, 6.45) is 7.17. The van der Waals surface area contributed by atoms with E-state index in [9.17, 15) is 0 Å². The van der Waals surface area contributed by atoms with E-state index in [1.165, 1.54) is 35.8 Å². The molecule has 15 heavy (non-hydrogen) atoms. The van der Waals surface area contributed by atoms with Crippen molar-refractivity contribution in [2.24, 2.45) is 0 Å². The minimum absolute atomic E-state index is 0.570. The van der Waals surface area contributed by atoms with Crippen molar-refractivity contribution in [3.8, 4) is 0 Å². The summed E-state index contributed by atoms with van der Waals surface area (Å²) < 4.78 is 3.46. The number of hydrogen-bond acceptors (Lipinski definition) is 2. The van der Waals surface area contributed by atoms with Crippen LogP contribution in [0, 0.1) is 0 Å². The molecule has 1 aliphatic carbocycles. The molecule has 0 radical (unpaired) electrons. The molecular formula is C11H16BrN3. The average Bonchev–Trinajstić information content (AvgIpc) is 3.03. The van der Waals surface area contributed by atoms with Gasteiger partial charge in [0.25, 0.3) is 0 Å². The van der Waals surface area contributed by atoms with Gasteiger partial charge in [-0.2, -0.15) is 5.10 Å². The van der Waals surface area contributed by atoms with E-state index in [1.807, 2.05) is 6.20 Å². The number of halogens is 1. The fraction of sp³-hybridized carbons (Fsp3) is 0.727. The molecule has 1 unspecified atom stereocenters. The molecule has 0 aromatic carbocycles. The van der Waals surface area contributed by atoms with Gasteiger partial charge >= 0.3 is 0 Å². The lowest BCUT2D eigenvalue weighted by Gasteiger charge is -2.25. The fourth-order valence-corrected chi connectivity index (χ4v) is 3.02. The molecule has 1 aliphatic heterocycles. The Bertz CT molecular complexity index is 351. The highest BCUT2D eigenvalue weighted by atomic mass is 79.9. The monoisotopic (exact) mass is 269 g/mol. The predicted molar refractivity (Wildman–Crippen MR) is 63.0 cm³/mol. The van der Waals surface area contributed by atoms with Gasteiger partial charge in [-0.3, -0.25) is 4.68 Å². The van der Waals surface area contributed by atoms with Crippen LogP contribution in [-0.2, 0) is 0 Å². The maximum atomic E-state index is 4.53. The maximum absolute atomic E-state index is 4.53. The Balaban J connectivity index is 1.89. The van der Waals surface area contributed by atoms with E-state index in [1.54, 1.807) is 0 Å². The molecule has 2 aliphatic rings. The number of rotatable bonds is 2. The van der Waals surface area contributed by atoms with Crippen molar-refractivity contribution < 1.29 is 0 Å². The SMILES string of the molecule is Brc1cnn(C2CCCNC2)c1C1CC1. The second-order valence-electron chi connectivity index (χ2n) is 4.60. The Hall–Kier alpha value is -0.350. The Morgan fingerprint density at radius 2 is 2.27 bits per heavy atom. The quantitative estimate of drug-likeness (QED) is 0.894. The first kappa shape index (κ1) is 9.85. The summed E-state index contributed by atoms with van der Waals surface area (Å²) in [5, 5.41) is 7.98. The van der Waals surface area contributed by atoms with Gasteiger partial charge in [0.05, 0.1) is 22.4 Å². The first-order chi connectivity index (χ1) is 7.36. The molecule has 2 heterocycles. The van der Waals surface area contributed by atoms with E-state index in [-0.39, 0.29) is 0 Å². The van der Waals surface area contributed by atoms with Crippen molar-refractivity contribution in [3.63, 3.8) is 0 Å². The molecule has 1 saturated heterocycles. The highest BCUT2D eigenvalue weighted by molar-refractivity contribution is 9.10. The Morgan fingerprint density at radius 3 is 2.93 bits per heavy atom. The highest BCUT2D eigenvalue weighted by Crippen LogP contribution is 2.44. The molecule has 0 spiro atoms. The first-order valence-corrected chi connectivity index (χ1v) is 6.59. The summed E-state index contributed by atoms with van der Waals surface area (Å²) in [5.74, 6) is 0.767. The molecular weight excluding hydrogens is 254 g/mol. The van der Waals surface area contributed by atoms with Gasteiger partial charge in [-0.05, 0) is 48.2 Å². The van der Waals surface area contributed by atoms with Crippen LogP contribution in [0.1, 0.15) is 43.3 Å². The van der Waals surface area contributed by atoms with E-state index in [4.69, 9.17) is 0 Å². The van der Waals surface area contributed by atoms with E-state index >= 15 is 0 Å². The summed E-state index contributed by atoms with van der Waals surface area (Å²) >= 11 is 3.62. The molecule has 1 N–H and O–H groups in total. The second-order valence-corrected chi connectivity index (χ2v) is 5.45. The van der Waals surface area contributed by atoms with Crippen molar-refractivity contribution in [1.29, 1.82) is 0 Å². The van der Waals surface area contributed by atoms with Crippen molar-refractivity contribution in [2.45, 2.75) is 37.6 Å². The third kappa shape index (κ3) is 1.85.